The van der Waals surface area contributed by atoms with E-state index in [-0.39, 0.29) is 28.9 Å². The largest absolute Gasteiger partial charge is 0.497 e. The zero-order chi connectivity index (χ0) is 33.3. The molecule has 2 heterocycles. The summed E-state index contributed by atoms with van der Waals surface area (Å²) in [4.78, 5) is 38.7. The molecule has 1 aromatic heterocycles. The summed E-state index contributed by atoms with van der Waals surface area (Å²) in [6.07, 6.45) is 1.25. The van der Waals surface area contributed by atoms with Gasteiger partial charge in [0.1, 0.15) is 11.4 Å². The third-order valence-corrected chi connectivity index (χ3v) is 8.42. The number of rotatable bonds is 6. The number of carboxylic acids is 1. The van der Waals surface area contributed by atoms with Gasteiger partial charge in [0.15, 0.2) is 5.78 Å². The van der Waals surface area contributed by atoms with Gasteiger partial charge in [0, 0.05) is 43.7 Å². The summed E-state index contributed by atoms with van der Waals surface area (Å²) in [6.45, 7) is 14.0. The van der Waals surface area contributed by atoms with Crippen LogP contribution < -0.4 is 10.5 Å². The summed E-state index contributed by atoms with van der Waals surface area (Å²) in [6, 6.07) is 13.0. The average Bonchev–Trinajstić information content (AvgIpc) is 3.53. The number of benzene rings is 2. The number of ketones is 1. The molecule has 1 fully saturated rings. The molecule has 0 spiro atoms. The van der Waals surface area contributed by atoms with Crippen LogP contribution in [-0.4, -0.2) is 78.0 Å². The van der Waals surface area contributed by atoms with Gasteiger partial charge in [-0.25, -0.2) is 9.59 Å². The number of ether oxygens (including phenoxy) is 3. The van der Waals surface area contributed by atoms with E-state index in [0.717, 1.165) is 40.7 Å². The first-order valence-electron chi connectivity index (χ1n) is 15.3. The Morgan fingerprint density at radius 1 is 1.07 bits per heavy atom. The van der Waals surface area contributed by atoms with Gasteiger partial charge in [-0.3, -0.25) is 4.79 Å². The number of nitrogens with two attached hydrogens (primary N) is 1. The summed E-state index contributed by atoms with van der Waals surface area (Å²) in [5.74, 6) is -0.174. The van der Waals surface area contributed by atoms with Gasteiger partial charge in [0.25, 0.3) is 0 Å². The van der Waals surface area contributed by atoms with E-state index >= 15 is 0 Å². The molecule has 2 unspecified atom stereocenters. The minimum Gasteiger partial charge on any atom is -0.497 e. The number of carbonyl (C=O) groups is 3. The number of aromatic nitrogens is 1. The predicted molar refractivity (Wildman–Crippen MR) is 173 cm³/mol. The molecule has 2 aromatic carbocycles. The number of likely N-dealkylation sites (tertiary alicyclic amines) is 1. The van der Waals surface area contributed by atoms with Crippen LogP contribution in [-0.2, 0) is 21.4 Å². The van der Waals surface area contributed by atoms with Crippen molar-refractivity contribution < 1.29 is 33.7 Å². The number of hydrogen-bond acceptors (Lipinski definition) is 7. The molecular weight excluding hydrogens is 574 g/mol. The van der Waals surface area contributed by atoms with Crippen molar-refractivity contribution in [2.45, 2.75) is 78.0 Å². The van der Waals surface area contributed by atoms with Crippen molar-refractivity contribution in [1.29, 1.82) is 0 Å². The van der Waals surface area contributed by atoms with Gasteiger partial charge in [-0.15, -0.1) is 0 Å². The summed E-state index contributed by atoms with van der Waals surface area (Å²) < 4.78 is 18.0. The van der Waals surface area contributed by atoms with Gasteiger partial charge in [-0.1, -0.05) is 26.0 Å². The molecule has 0 bridgehead atoms. The fourth-order valence-corrected chi connectivity index (χ4v) is 6.63. The molecule has 0 saturated carbocycles. The van der Waals surface area contributed by atoms with Crippen LogP contribution in [0.1, 0.15) is 86.4 Å². The van der Waals surface area contributed by atoms with Gasteiger partial charge in [-0.2, -0.15) is 0 Å². The molecular formula is C35H47N3O7. The second-order valence-electron chi connectivity index (χ2n) is 14.1. The Balaban J connectivity index is 0.000000297. The molecule has 1 amide bonds. The minimum atomic E-state index is -0.979. The van der Waals surface area contributed by atoms with Gasteiger partial charge in [0.2, 0.25) is 0 Å². The van der Waals surface area contributed by atoms with E-state index in [1.165, 1.54) is 0 Å². The van der Waals surface area contributed by atoms with Crippen LogP contribution in [0, 0.1) is 5.41 Å². The van der Waals surface area contributed by atoms with Crippen molar-refractivity contribution in [3.8, 4) is 5.75 Å². The average molecular weight is 622 g/mol. The van der Waals surface area contributed by atoms with E-state index in [1.807, 2.05) is 62.6 Å². The molecule has 3 aromatic rings. The highest BCUT2D eigenvalue weighted by atomic mass is 16.6. The first kappa shape index (κ1) is 34.0. The zero-order valence-corrected chi connectivity index (χ0v) is 27.7. The number of amides is 1. The van der Waals surface area contributed by atoms with E-state index in [2.05, 4.69) is 13.8 Å². The molecule has 1 saturated heterocycles. The van der Waals surface area contributed by atoms with Crippen LogP contribution in [0.3, 0.4) is 0 Å². The van der Waals surface area contributed by atoms with Crippen LogP contribution in [0.15, 0.2) is 42.5 Å². The fourth-order valence-electron chi connectivity index (χ4n) is 6.63. The fraction of sp³-hybridized carbons (Fsp3) is 0.514. The molecule has 10 heteroatoms. The standard InChI is InChI=1S/C26H29NO5.C9H18N2O2/c1-25(2)14-26(3,15-31-4)23(28)22-21(25)19-12-17(24(29)30)8-11-20(19)27(22)13-16-6-9-18(32-5)10-7-16;1-9(2,3)13-8(12)11-5-4-7(10)6-11/h6-12H,13-15H2,1-5H3,(H,29,30);7H,4-6,10H2,1-3H3. The summed E-state index contributed by atoms with van der Waals surface area (Å²) >= 11 is 0. The van der Waals surface area contributed by atoms with E-state index in [0.29, 0.717) is 31.8 Å². The number of nitrogens with zero attached hydrogens (tertiary/aromatic N) is 2. The van der Waals surface area contributed by atoms with Crippen molar-refractivity contribution >= 4 is 28.7 Å². The van der Waals surface area contributed by atoms with E-state index in [1.54, 1.807) is 31.3 Å². The van der Waals surface area contributed by atoms with E-state index in [4.69, 9.17) is 19.9 Å². The molecule has 3 N–H and O–H groups in total. The van der Waals surface area contributed by atoms with Crippen LogP contribution in [0.25, 0.3) is 10.9 Å². The molecule has 2 aliphatic rings. The van der Waals surface area contributed by atoms with Crippen molar-refractivity contribution in [2.24, 2.45) is 11.1 Å². The lowest BCUT2D eigenvalue weighted by Crippen LogP contribution is -2.45. The molecule has 2 atom stereocenters. The van der Waals surface area contributed by atoms with Gasteiger partial charge in [0.05, 0.1) is 30.4 Å². The Hall–Kier alpha value is -3.89. The van der Waals surface area contributed by atoms with Gasteiger partial charge < -0.3 is 34.5 Å². The monoisotopic (exact) mass is 621 g/mol. The van der Waals surface area contributed by atoms with E-state index < -0.39 is 17.0 Å². The lowest BCUT2D eigenvalue weighted by molar-refractivity contribution is 0.0292. The maximum Gasteiger partial charge on any atom is 0.410 e. The smallest absolute Gasteiger partial charge is 0.410 e. The Morgan fingerprint density at radius 3 is 2.27 bits per heavy atom. The number of carboxylic acid groups (broad SMARTS) is 1. The predicted octanol–water partition coefficient (Wildman–Crippen LogP) is 5.87. The number of hydrogen-bond donors (Lipinski definition) is 2. The second kappa shape index (κ2) is 12.8. The molecule has 244 valence electrons. The molecule has 45 heavy (non-hydrogen) atoms. The number of carbonyl (C=O) groups excluding carboxylic acids is 2. The Kier molecular flexibility index (Phi) is 9.70. The van der Waals surface area contributed by atoms with Crippen LogP contribution >= 0.6 is 0 Å². The lowest BCUT2D eigenvalue weighted by atomic mass is 9.62. The first-order valence-corrected chi connectivity index (χ1v) is 15.3. The summed E-state index contributed by atoms with van der Waals surface area (Å²) in [5.41, 5.74) is 7.94. The minimum absolute atomic E-state index is 0.0373. The lowest BCUT2D eigenvalue weighted by Gasteiger charge is -2.41. The van der Waals surface area contributed by atoms with Gasteiger partial charge >= 0.3 is 12.1 Å². The van der Waals surface area contributed by atoms with Crippen molar-refractivity contribution in [2.75, 3.05) is 33.9 Å². The van der Waals surface area contributed by atoms with Crippen LogP contribution in [0.2, 0.25) is 0 Å². The van der Waals surface area contributed by atoms with Crippen molar-refractivity contribution in [3.63, 3.8) is 0 Å². The maximum atomic E-state index is 13.9. The van der Waals surface area contributed by atoms with Crippen LogP contribution in [0.4, 0.5) is 4.79 Å². The maximum absolute atomic E-state index is 13.9. The normalized spacial score (nSPS) is 20.8. The highest BCUT2D eigenvalue weighted by Gasteiger charge is 2.49. The Labute approximate surface area is 265 Å². The zero-order valence-electron chi connectivity index (χ0n) is 27.7. The number of aromatic carboxylic acids is 1. The summed E-state index contributed by atoms with van der Waals surface area (Å²) in [7, 11) is 3.25. The van der Waals surface area contributed by atoms with Crippen molar-refractivity contribution in [1.82, 2.24) is 9.47 Å². The molecule has 10 nitrogen and oxygen atoms in total. The second-order valence-corrected chi connectivity index (χ2v) is 14.1. The molecule has 1 aliphatic heterocycles. The quantitative estimate of drug-likeness (QED) is 0.349. The van der Waals surface area contributed by atoms with Crippen LogP contribution in [0.5, 0.6) is 5.75 Å². The Bertz CT molecular complexity index is 1570. The van der Waals surface area contributed by atoms with E-state index in [9.17, 15) is 19.5 Å². The third kappa shape index (κ3) is 7.34. The topological polar surface area (TPSA) is 133 Å². The molecule has 1 aliphatic carbocycles. The SMILES string of the molecule is CC(C)(C)OC(=O)N1CCC(N)C1.COCC1(C)CC(C)(C)c2c(n(Cc3ccc(OC)cc3)c3ccc(C(=O)O)cc23)C1=O. The molecule has 5 rings (SSSR count). The highest BCUT2D eigenvalue weighted by molar-refractivity contribution is 6.09. The molecule has 0 radical (unpaired) electrons. The Morgan fingerprint density at radius 2 is 1.73 bits per heavy atom. The summed E-state index contributed by atoms with van der Waals surface area (Å²) in [5, 5.41) is 10.4. The van der Waals surface area contributed by atoms with Crippen molar-refractivity contribution in [3.05, 3.63) is 64.8 Å². The number of fused-ring (bicyclic) bond motifs is 3. The number of methoxy groups -OCH3 is 2. The first-order chi connectivity index (χ1) is 21.0. The third-order valence-electron chi connectivity index (χ3n) is 8.42. The van der Waals surface area contributed by atoms with Gasteiger partial charge in [-0.05, 0) is 87.4 Å². The highest BCUT2D eigenvalue weighted by Crippen LogP contribution is 2.50. The number of Topliss-reactive ketones (excluding diaryl/α,β-unsaturated/α-hetero) is 1.